The van der Waals surface area contributed by atoms with Crippen LogP contribution in [-0.4, -0.2) is 17.2 Å². The number of carboxylic acid groups (broad SMARTS) is 1. The number of rotatable bonds is 14. The van der Waals surface area contributed by atoms with Crippen LogP contribution >= 0.6 is 0 Å². The van der Waals surface area contributed by atoms with E-state index in [1.54, 1.807) is 0 Å². The lowest BCUT2D eigenvalue weighted by Gasteiger charge is -2.22. The van der Waals surface area contributed by atoms with E-state index in [9.17, 15) is 4.79 Å². The number of hydrogen-bond donors (Lipinski definition) is 1. The first kappa shape index (κ1) is 22.7. The molecule has 1 saturated carbocycles. The summed E-state index contributed by atoms with van der Waals surface area (Å²) in [6, 6.07) is 10.4. The third kappa shape index (κ3) is 8.60. The second kappa shape index (κ2) is 13.5. The number of carboxylic acids is 1. The van der Waals surface area contributed by atoms with Crippen LogP contribution in [0.25, 0.3) is 0 Å². The molecule has 1 fully saturated rings. The molecule has 0 radical (unpaired) electrons. The Bertz CT molecular complexity index is 566. The third-order valence-electron chi connectivity index (χ3n) is 5.90. The molecule has 3 atom stereocenters. The van der Waals surface area contributed by atoms with Gasteiger partial charge in [0.05, 0.1) is 12.7 Å². The van der Waals surface area contributed by atoms with E-state index >= 15 is 0 Å². The molecule has 1 aromatic rings. The average molecular weight is 387 g/mol. The summed E-state index contributed by atoms with van der Waals surface area (Å²) >= 11 is 0. The van der Waals surface area contributed by atoms with Crippen molar-refractivity contribution in [1.82, 2.24) is 0 Å². The third-order valence-corrected chi connectivity index (χ3v) is 5.90. The fourth-order valence-electron chi connectivity index (χ4n) is 4.28. The van der Waals surface area contributed by atoms with Gasteiger partial charge in [0.25, 0.3) is 0 Å². The summed E-state index contributed by atoms with van der Waals surface area (Å²) in [6.45, 7) is 2.95. The van der Waals surface area contributed by atoms with E-state index in [-0.39, 0.29) is 6.42 Å². The smallest absolute Gasteiger partial charge is 0.303 e. The van der Waals surface area contributed by atoms with Crippen molar-refractivity contribution in [2.75, 3.05) is 0 Å². The van der Waals surface area contributed by atoms with Gasteiger partial charge in [0.2, 0.25) is 0 Å². The number of hydrogen-bond acceptors (Lipinski definition) is 2. The lowest BCUT2D eigenvalue weighted by molar-refractivity contribution is -0.137. The lowest BCUT2D eigenvalue weighted by atomic mass is 9.89. The van der Waals surface area contributed by atoms with Gasteiger partial charge in [-0.25, -0.2) is 0 Å². The molecule has 0 amide bonds. The molecule has 0 heterocycles. The number of carbonyl (C=O) groups is 1. The van der Waals surface area contributed by atoms with Crippen molar-refractivity contribution in [2.24, 2.45) is 11.8 Å². The predicted molar refractivity (Wildman–Crippen MR) is 115 cm³/mol. The van der Waals surface area contributed by atoms with Crippen molar-refractivity contribution in [3.8, 4) is 0 Å². The molecule has 0 aromatic heterocycles. The Balaban J connectivity index is 1.85. The van der Waals surface area contributed by atoms with Crippen molar-refractivity contribution in [3.63, 3.8) is 0 Å². The summed E-state index contributed by atoms with van der Waals surface area (Å²) in [5.41, 5.74) is 1.24. The van der Waals surface area contributed by atoms with E-state index in [2.05, 4.69) is 43.3 Å². The Morgan fingerprint density at radius 2 is 1.93 bits per heavy atom. The predicted octanol–water partition coefficient (Wildman–Crippen LogP) is 6.77. The number of unbranched alkanes of at least 4 members (excludes halogenated alkanes) is 5. The Labute approximate surface area is 171 Å². The maximum atomic E-state index is 10.6. The van der Waals surface area contributed by atoms with E-state index < -0.39 is 5.97 Å². The summed E-state index contributed by atoms with van der Waals surface area (Å²) in [5.74, 6) is 0.541. The normalized spacial score (nSPS) is 22.1. The van der Waals surface area contributed by atoms with Gasteiger partial charge < -0.3 is 9.84 Å². The zero-order valence-electron chi connectivity index (χ0n) is 17.5. The minimum atomic E-state index is -0.693. The highest BCUT2D eigenvalue weighted by molar-refractivity contribution is 5.66. The van der Waals surface area contributed by atoms with Gasteiger partial charge in [0.15, 0.2) is 0 Å². The van der Waals surface area contributed by atoms with Crippen molar-refractivity contribution < 1.29 is 14.6 Å². The fraction of sp³-hybridized carbons (Fsp3) is 0.640. The van der Waals surface area contributed by atoms with Gasteiger partial charge in [-0.05, 0) is 50.0 Å². The van der Waals surface area contributed by atoms with Crippen LogP contribution in [0.1, 0.15) is 83.1 Å². The van der Waals surface area contributed by atoms with Crippen molar-refractivity contribution in [3.05, 3.63) is 48.0 Å². The Morgan fingerprint density at radius 3 is 2.68 bits per heavy atom. The van der Waals surface area contributed by atoms with Gasteiger partial charge in [-0.15, -0.1) is 0 Å². The summed E-state index contributed by atoms with van der Waals surface area (Å²) in [7, 11) is 0. The van der Waals surface area contributed by atoms with Gasteiger partial charge >= 0.3 is 5.97 Å². The monoisotopic (exact) mass is 386 g/mol. The number of ether oxygens (including phenoxy) is 1. The first-order chi connectivity index (χ1) is 13.7. The summed E-state index contributed by atoms with van der Waals surface area (Å²) < 4.78 is 6.34. The molecule has 2 rings (SSSR count). The average Bonchev–Trinajstić information content (AvgIpc) is 3.08. The van der Waals surface area contributed by atoms with Gasteiger partial charge in [0.1, 0.15) is 0 Å². The summed E-state index contributed by atoms with van der Waals surface area (Å²) in [6.07, 6.45) is 16.9. The summed E-state index contributed by atoms with van der Waals surface area (Å²) in [5, 5.41) is 8.75. The molecule has 0 spiro atoms. The van der Waals surface area contributed by atoms with Crippen LogP contribution in [-0.2, 0) is 16.1 Å². The molecule has 1 aromatic carbocycles. The molecule has 0 aliphatic heterocycles. The Morgan fingerprint density at radius 1 is 1.11 bits per heavy atom. The molecule has 1 N–H and O–H groups in total. The van der Waals surface area contributed by atoms with E-state index in [1.165, 1.54) is 44.1 Å². The topological polar surface area (TPSA) is 46.5 Å². The van der Waals surface area contributed by atoms with Gasteiger partial charge in [-0.2, -0.15) is 0 Å². The first-order valence-electron chi connectivity index (χ1n) is 11.2. The first-order valence-corrected chi connectivity index (χ1v) is 11.2. The molecular formula is C25H38O3. The van der Waals surface area contributed by atoms with Crippen LogP contribution in [0.5, 0.6) is 0 Å². The standard InChI is InChI=1S/C25H38O3/c1-2-3-4-10-15-22-18-19-24(28-20-21-13-8-7-9-14-21)23(22)16-11-5-6-12-17-25(26)27/h7-9,11,13-14,16,22-24H,2-6,10,12,15,17-20H2,1H3,(H,26,27)/b16-11+/t22-,23+,24-/m0/s1. The molecule has 0 bridgehead atoms. The van der Waals surface area contributed by atoms with Crippen molar-refractivity contribution in [1.29, 1.82) is 0 Å². The fourth-order valence-corrected chi connectivity index (χ4v) is 4.28. The highest BCUT2D eigenvalue weighted by atomic mass is 16.5. The second-order valence-electron chi connectivity index (χ2n) is 8.17. The van der Waals surface area contributed by atoms with E-state index in [1.807, 2.05) is 6.07 Å². The Kier molecular flexibility index (Phi) is 11.0. The van der Waals surface area contributed by atoms with Crippen molar-refractivity contribution >= 4 is 5.97 Å². The minimum Gasteiger partial charge on any atom is -0.481 e. The van der Waals surface area contributed by atoms with Gasteiger partial charge in [-0.3, -0.25) is 4.79 Å². The molecule has 3 heteroatoms. The maximum absolute atomic E-state index is 10.6. The van der Waals surface area contributed by atoms with Crippen LogP contribution in [0.15, 0.2) is 42.5 Å². The number of aliphatic carboxylic acids is 1. The highest BCUT2D eigenvalue weighted by Gasteiger charge is 2.34. The zero-order chi connectivity index (χ0) is 20.0. The molecule has 156 valence electrons. The Hall–Kier alpha value is -1.61. The van der Waals surface area contributed by atoms with E-state index in [0.717, 1.165) is 31.6 Å². The maximum Gasteiger partial charge on any atom is 0.303 e. The van der Waals surface area contributed by atoms with Crippen LogP contribution in [0.3, 0.4) is 0 Å². The van der Waals surface area contributed by atoms with Gasteiger partial charge in [0, 0.05) is 12.3 Å². The van der Waals surface area contributed by atoms with Crippen LogP contribution < -0.4 is 0 Å². The SMILES string of the molecule is CCCCCC[C@H]1CC[C@H](OCc2ccccc2)[C@@H]1/C=C/CCCCC(=O)O. The van der Waals surface area contributed by atoms with Crippen molar-refractivity contribution in [2.45, 2.75) is 90.3 Å². The van der Waals surface area contributed by atoms with E-state index in [4.69, 9.17) is 9.84 Å². The molecule has 1 aliphatic rings. The number of allylic oxidation sites excluding steroid dienone is 1. The van der Waals surface area contributed by atoms with Crippen LogP contribution in [0.2, 0.25) is 0 Å². The molecule has 0 saturated heterocycles. The minimum absolute atomic E-state index is 0.278. The summed E-state index contributed by atoms with van der Waals surface area (Å²) in [4.78, 5) is 10.6. The van der Waals surface area contributed by atoms with Gasteiger partial charge in [-0.1, -0.05) is 75.1 Å². The largest absolute Gasteiger partial charge is 0.481 e. The second-order valence-corrected chi connectivity index (χ2v) is 8.17. The molecule has 3 nitrogen and oxygen atoms in total. The molecule has 1 aliphatic carbocycles. The van der Waals surface area contributed by atoms with Crippen LogP contribution in [0.4, 0.5) is 0 Å². The number of benzene rings is 1. The molecule has 28 heavy (non-hydrogen) atoms. The molecule has 0 unspecified atom stereocenters. The quantitative estimate of drug-likeness (QED) is 0.283. The lowest BCUT2D eigenvalue weighted by Crippen LogP contribution is -2.20. The van der Waals surface area contributed by atoms with Crippen LogP contribution in [0, 0.1) is 11.8 Å². The zero-order valence-corrected chi connectivity index (χ0v) is 17.5. The highest BCUT2D eigenvalue weighted by Crippen LogP contribution is 2.39. The molecular weight excluding hydrogens is 348 g/mol. The van der Waals surface area contributed by atoms with E-state index in [0.29, 0.717) is 18.6 Å².